The number of hydrogen-bond donors (Lipinski definition) is 1. The molecule has 2 aromatic heterocycles. The Bertz CT molecular complexity index is 497. The molecule has 0 spiro atoms. The molecule has 1 N–H and O–H groups in total. The first-order chi connectivity index (χ1) is 9.19. The summed E-state index contributed by atoms with van der Waals surface area (Å²) in [6.45, 7) is 10.1. The summed E-state index contributed by atoms with van der Waals surface area (Å²) in [5.41, 5.74) is 1.30. The standard InChI is InChI=1S/C14H23N5/c1-4-15-7-13-5-6-18(9-13)10-14-16-11-17-19(14)8-12(2)3/h5-6,9,11-12,15H,4,7-8,10H2,1-3H3. The van der Waals surface area contributed by atoms with Crippen molar-refractivity contribution in [2.45, 2.75) is 40.4 Å². The van der Waals surface area contributed by atoms with E-state index < -0.39 is 0 Å². The topological polar surface area (TPSA) is 47.7 Å². The van der Waals surface area contributed by atoms with Crippen molar-refractivity contribution in [2.75, 3.05) is 6.54 Å². The highest BCUT2D eigenvalue weighted by molar-refractivity contribution is 5.10. The summed E-state index contributed by atoms with van der Waals surface area (Å²) in [5, 5.41) is 7.62. The lowest BCUT2D eigenvalue weighted by atomic mass is 10.2. The Morgan fingerprint density at radius 2 is 2.21 bits per heavy atom. The van der Waals surface area contributed by atoms with Crippen LogP contribution in [0.25, 0.3) is 0 Å². The Morgan fingerprint density at radius 3 is 2.95 bits per heavy atom. The minimum atomic E-state index is 0.578. The van der Waals surface area contributed by atoms with E-state index >= 15 is 0 Å². The van der Waals surface area contributed by atoms with Gasteiger partial charge in [-0.1, -0.05) is 20.8 Å². The van der Waals surface area contributed by atoms with Gasteiger partial charge in [-0.2, -0.15) is 5.10 Å². The van der Waals surface area contributed by atoms with Gasteiger partial charge in [-0.15, -0.1) is 0 Å². The average Bonchev–Trinajstić information content (AvgIpc) is 2.97. The molecule has 104 valence electrons. The van der Waals surface area contributed by atoms with Crippen LogP contribution in [0.5, 0.6) is 0 Å². The molecular formula is C14H23N5. The SMILES string of the molecule is CCNCc1ccn(Cc2ncnn2CC(C)C)c1. The molecule has 0 atom stereocenters. The number of nitrogens with zero attached hydrogens (tertiary/aromatic N) is 4. The first kappa shape index (κ1) is 13.8. The highest BCUT2D eigenvalue weighted by atomic mass is 15.3. The van der Waals surface area contributed by atoms with Crippen LogP contribution in [0.4, 0.5) is 0 Å². The van der Waals surface area contributed by atoms with Gasteiger partial charge in [0, 0.05) is 25.5 Å². The maximum absolute atomic E-state index is 4.35. The highest BCUT2D eigenvalue weighted by Gasteiger charge is 2.07. The van der Waals surface area contributed by atoms with Crippen molar-refractivity contribution in [1.29, 1.82) is 0 Å². The third-order valence-corrected chi connectivity index (χ3v) is 2.95. The number of hydrogen-bond acceptors (Lipinski definition) is 3. The molecule has 0 aliphatic heterocycles. The van der Waals surface area contributed by atoms with Gasteiger partial charge in [-0.25, -0.2) is 9.67 Å². The Kier molecular flexibility index (Phi) is 4.74. The molecule has 5 heteroatoms. The average molecular weight is 261 g/mol. The van der Waals surface area contributed by atoms with Crippen molar-refractivity contribution in [1.82, 2.24) is 24.6 Å². The fourth-order valence-corrected chi connectivity index (χ4v) is 2.04. The fraction of sp³-hybridized carbons (Fsp3) is 0.571. The molecule has 2 heterocycles. The summed E-state index contributed by atoms with van der Waals surface area (Å²) in [4.78, 5) is 4.35. The normalized spacial score (nSPS) is 11.4. The van der Waals surface area contributed by atoms with Crippen LogP contribution in [0.15, 0.2) is 24.8 Å². The second kappa shape index (κ2) is 6.52. The third kappa shape index (κ3) is 3.92. The van der Waals surface area contributed by atoms with Crippen molar-refractivity contribution in [3.05, 3.63) is 36.2 Å². The van der Waals surface area contributed by atoms with Crippen molar-refractivity contribution in [3.8, 4) is 0 Å². The van der Waals surface area contributed by atoms with Gasteiger partial charge >= 0.3 is 0 Å². The molecule has 0 saturated heterocycles. The molecule has 19 heavy (non-hydrogen) atoms. The van der Waals surface area contributed by atoms with Crippen molar-refractivity contribution in [2.24, 2.45) is 5.92 Å². The highest BCUT2D eigenvalue weighted by Crippen LogP contribution is 2.06. The summed E-state index contributed by atoms with van der Waals surface area (Å²) in [7, 11) is 0. The van der Waals surface area contributed by atoms with Crippen LogP contribution in [-0.4, -0.2) is 25.9 Å². The van der Waals surface area contributed by atoms with Crippen molar-refractivity contribution < 1.29 is 0 Å². The van der Waals surface area contributed by atoms with E-state index in [1.807, 2.05) is 4.68 Å². The maximum atomic E-state index is 4.35. The van der Waals surface area contributed by atoms with E-state index in [0.29, 0.717) is 5.92 Å². The van der Waals surface area contributed by atoms with Crippen LogP contribution >= 0.6 is 0 Å². The van der Waals surface area contributed by atoms with Crippen LogP contribution in [0.3, 0.4) is 0 Å². The zero-order valence-corrected chi connectivity index (χ0v) is 12.0. The quantitative estimate of drug-likeness (QED) is 0.828. The van der Waals surface area contributed by atoms with E-state index in [1.54, 1.807) is 6.33 Å². The Morgan fingerprint density at radius 1 is 1.37 bits per heavy atom. The fourth-order valence-electron chi connectivity index (χ4n) is 2.04. The largest absolute Gasteiger partial charge is 0.346 e. The minimum Gasteiger partial charge on any atom is -0.346 e. The van der Waals surface area contributed by atoms with E-state index in [0.717, 1.165) is 32.0 Å². The van der Waals surface area contributed by atoms with Crippen molar-refractivity contribution in [3.63, 3.8) is 0 Å². The molecule has 0 aliphatic carbocycles. The van der Waals surface area contributed by atoms with E-state index in [9.17, 15) is 0 Å². The molecule has 0 fully saturated rings. The molecule has 0 aliphatic rings. The van der Waals surface area contributed by atoms with Crippen LogP contribution in [0.2, 0.25) is 0 Å². The monoisotopic (exact) mass is 261 g/mol. The Hall–Kier alpha value is -1.62. The van der Waals surface area contributed by atoms with E-state index in [4.69, 9.17) is 0 Å². The van der Waals surface area contributed by atoms with Crippen LogP contribution in [0.1, 0.15) is 32.2 Å². The van der Waals surface area contributed by atoms with E-state index in [1.165, 1.54) is 5.56 Å². The van der Waals surface area contributed by atoms with Crippen LogP contribution < -0.4 is 5.32 Å². The second-order valence-electron chi connectivity index (χ2n) is 5.22. The van der Waals surface area contributed by atoms with Gasteiger partial charge in [0.15, 0.2) is 0 Å². The smallest absolute Gasteiger partial charge is 0.146 e. The lowest BCUT2D eigenvalue weighted by Gasteiger charge is -2.09. The summed E-state index contributed by atoms with van der Waals surface area (Å²) in [6.07, 6.45) is 5.90. The zero-order chi connectivity index (χ0) is 13.7. The Balaban J connectivity index is 2.00. The first-order valence-electron chi connectivity index (χ1n) is 6.91. The predicted molar refractivity (Wildman–Crippen MR) is 75.8 cm³/mol. The summed E-state index contributed by atoms with van der Waals surface area (Å²) in [6, 6.07) is 2.14. The predicted octanol–water partition coefficient (Wildman–Crippen LogP) is 1.89. The molecule has 0 amide bonds. The van der Waals surface area contributed by atoms with Crippen LogP contribution in [-0.2, 0) is 19.6 Å². The third-order valence-electron chi connectivity index (χ3n) is 2.95. The van der Waals surface area contributed by atoms with E-state index in [-0.39, 0.29) is 0 Å². The molecule has 2 aromatic rings. The van der Waals surface area contributed by atoms with Crippen molar-refractivity contribution >= 4 is 0 Å². The second-order valence-corrected chi connectivity index (χ2v) is 5.22. The molecule has 0 unspecified atom stereocenters. The summed E-state index contributed by atoms with van der Waals surface area (Å²) < 4.78 is 4.15. The molecular weight excluding hydrogens is 238 g/mol. The lowest BCUT2D eigenvalue weighted by molar-refractivity contribution is 0.461. The molecule has 0 bridgehead atoms. The van der Waals surface area contributed by atoms with E-state index in [2.05, 4.69) is 59.2 Å². The number of aromatic nitrogens is 4. The van der Waals surface area contributed by atoms with Gasteiger partial charge in [0.05, 0.1) is 6.54 Å². The number of rotatable bonds is 7. The van der Waals surface area contributed by atoms with Gasteiger partial charge < -0.3 is 9.88 Å². The van der Waals surface area contributed by atoms with Gasteiger partial charge in [0.1, 0.15) is 12.2 Å². The molecule has 5 nitrogen and oxygen atoms in total. The summed E-state index contributed by atoms with van der Waals surface area (Å²) >= 11 is 0. The van der Waals surface area contributed by atoms with Gasteiger partial charge in [-0.05, 0) is 24.1 Å². The molecule has 0 radical (unpaired) electrons. The molecule has 0 aromatic carbocycles. The maximum Gasteiger partial charge on any atom is 0.146 e. The van der Waals surface area contributed by atoms with Gasteiger partial charge in [-0.3, -0.25) is 0 Å². The Labute approximate surface area is 114 Å². The minimum absolute atomic E-state index is 0.578. The lowest BCUT2D eigenvalue weighted by Crippen LogP contribution is -2.13. The summed E-state index contributed by atoms with van der Waals surface area (Å²) in [5.74, 6) is 1.59. The molecule has 0 saturated carbocycles. The van der Waals surface area contributed by atoms with Crippen LogP contribution in [0, 0.1) is 5.92 Å². The zero-order valence-electron chi connectivity index (χ0n) is 12.0. The van der Waals surface area contributed by atoms with Gasteiger partial charge in [0.25, 0.3) is 0 Å². The molecule has 2 rings (SSSR count). The number of nitrogens with one attached hydrogen (secondary N) is 1. The first-order valence-corrected chi connectivity index (χ1v) is 6.91. The van der Waals surface area contributed by atoms with Gasteiger partial charge in [0.2, 0.25) is 0 Å².